The molecule has 0 bridgehead atoms. The molecule has 1 aliphatic heterocycles. The van der Waals surface area contributed by atoms with Crippen molar-refractivity contribution >= 4 is 5.91 Å². The Morgan fingerprint density at radius 1 is 1.42 bits per heavy atom. The molecule has 2 rings (SSSR count). The first-order valence-electron chi connectivity index (χ1n) is 6.63. The first-order valence-corrected chi connectivity index (χ1v) is 6.63. The molecule has 1 aromatic rings. The second kappa shape index (κ2) is 6.63. The number of halogens is 1. The predicted molar refractivity (Wildman–Crippen MR) is 72.3 cm³/mol. The van der Waals surface area contributed by atoms with Crippen molar-refractivity contribution in [1.29, 1.82) is 0 Å². The summed E-state index contributed by atoms with van der Waals surface area (Å²) in [5.41, 5.74) is 0.524. The lowest BCUT2D eigenvalue weighted by molar-refractivity contribution is -0.123. The highest BCUT2D eigenvalue weighted by Crippen LogP contribution is 2.15. The third-order valence-electron chi connectivity index (χ3n) is 3.33. The Morgan fingerprint density at radius 3 is 2.79 bits per heavy atom. The molecule has 2 N–H and O–H groups in total. The van der Waals surface area contributed by atoms with Gasteiger partial charge in [-0.25, -0.2) is 4.39 Å². The Morgan fingerprint density at radius 2 is 2.11 bits per heavy atom. The Labute approximate surface area is 113 Å². The van der Waals surface area contributed by atoms with E-state index in [-0.39, 0.29) is 17.8 Å². The van der Waals surface area contributed by atoms with Crippen molar-refractivity contribution in [2.75, 3.05) is 32.7 Å². The van der Waals surface area contributed by atoms with Crippen molar-refractivity contribution < 1.29 is 9.18 Å². The fraction of sp³-hybridized carbons (Fsp3) is 0.500. The monoisotopic (exact) mass is 265 g/mol. The summed E-state index contributed by atoms with van der Waals surface area (Å²) < 4.78 is 13.6. The van der Waals surface area contributed by atoms with Gasteiger partial charge in [0.25, 0.3) is 0 Å². The van der Waals surface area contributed by atoms with Crippen LogP contribution < -0.4 is 10.6 Å². The zero-order chi connectivity index (χ0) is 13.7. The number of piperazine rings is 1. The largest absolute Gasteiger partial charge is 0.348 e. The summed E-state index contributed by atoms with van der Waals surface area (Å²) in [7, 11) is 0. The summed E-state index contributed by atoms with van der Waals surface area (Å²) >= 11 is 0. The van der Waals surface area contributed by atoms with Gasteiger partial charge in [0.15, 0.2) is 0 Å². The Balaban J connectivity index is 1.86. The summed E-state index contributed by atoms with van der Waals surface area (Å²) in [6.45, 7) is 5.75. The maximum atomic E-state index is 13.6. The van der Waals surface area contributed by atoms with Crippen LogP contribution in [0.3, 0.4) is 0 Å². The fourth-order valence-corrected chi connectivity index (χ4v) is 2.26. The van der Waals surface area contributed by atoms with E-state index >= 15 is 0 Å². The molecule has 0 aliphatic carbocycles. The van der Waals surface area contributed by atoms with Gasteiger partial charge in [-0.15, -0.1) is 0 Å². The number of rotatable bonds is 4. The lowest BCUT2D eigenvalue weighted by Crippen LogP contribution is -2.47. The zero-order valence-electron chi connectivity index (χ0n) is 11.2. The van der Waals surface area contributed by atoms with Gasteiger partial charge in [-0.3, -0.25) is 9.69 Å². The summed E-state index contributed by atoms with van der Waals surface area (Å²) in [5.74, 6) is -0.338. The molecule has 1 aromatic carbocycles. The first-order chi connectivity index (χ1) is 9.16. The normalized spacial score (nSPS) is 18.0. The highest BCUT2D eigenvalue weighted by Gasteiger charge is 2.16. The quantitative estimate of drug-likeness (QED) is 0.850. The second-order valence-electron chi connectivity index (χ2n) is 4.84. The molecular formula is C14H20FN3O. The SMILES string of the molecule is CC(NC(=O)CN1CCNCC1)c1ccccc1F. The van der Waals surface area contributed by atoms with Gasteiger partial charge in [-0.2, -0.15) is 0 Å². The topological polar surface area (TPSA) is 44.4 Å². The molecule has 1 amide bonds. The van der Waals surface area contributed by atoms with Gasteiger partial charge in [-0.1, -0.05) is 18.2 Å². The van der Waals surface area contributed by atoms with Gasteiger partial charge in [0.1, 0.15) is 5.82 Å². The van der Waals surface area contributed by atoms with Gasteiger partial charge >= 0.3 is 0 Å². The van der Waals surface area contributed by atoms with E-state index in [1.807, 2.05) is 0 Å². The number of hydrogen-bond donors (Lipinski definition) is 2. The first kappa shape index (κ1) is 14.0. The number of nitrogens with zero attached hydrogens (tertiary/aromatic N) is 1. The molecule has 0 saturated carbocycles. The van der Waals surface area contributed by atoms with Crippen LogP contribution in [0, 0.1) is 5.82 Å². The molecule has 1 heterocycles. The van der Waals surface area contributed by atoms with E-state index < -0.39 is 0 Å². The van der Waals surface area contributed by atoms with Crippen LogP contribution >= 0.6 is 0 Å². The Bertz CT molecular complexity index is 432. The van der Waals surface area contributed by atoms with Gasteiger partial charge in [0.2, 0.25) is 5.91 Å². The van der Waals surface area contributed by atoms with Crippen LogP contribution in [0.2, 0.25) is 0 Å². The van der Waals surface area contributed by atoms with Crippen molar-refractivity contribution in [3.8, 4) is 0 Å². The van der Waals surface area contributed by atoms with Crippen molar-refractivity contribution in [3.63, 3.8) is 0 Å². The molecule has 0 spiro atoms. The second-order valence-corrected chi connectivity index (χ2v) is 4.84. The summed E-state index contributed by atoms with van der Waals surface area (Å²) in [6, 6.07) is 6.22. The third kappa shape index (κ3) is 4.01. The van der Waals surface area contributed by atoms with Crippen LogP contribution in [0.25, 0.3) is 0 Å². The number of benzene rings is 1. The smallest absolute Gasteiger partial charge is 0.234 e. The van der Waals surface area contributed by atoms with Gasteiger partial charge < -0.3 is 10.6 Å². The van der Waals surface area contributed by atoms with Gasteiger partial charge in [0.05, 0.1) is 12.6 Å². The van der Waals surface area contributed by atoms with E-state index in [0.717, 1.165) is 26.2 Å². The highest BCUT2D eigenvalue weighted by molar-refractivity contribution is 5.78. The van der Waals surface area contributed by atoms with E-state index in [1.54, 1.807) is 25.1 Å². The number of amides is 1. The van der Waals surface area contributed by atoms with Crippen molar-refractivity contribution in [3.05, 3.63) is 35.6 Å². The molecule has 1 unspecified atom stereocenters. The summed E-state index contributed by atoms with van der Waals surface area (Å²) in [6.07, 6.45) is 0. The molecule has 0 radical (unpaired) electrons. The minimum absolute atomic E-state index is 0.0577. The van der Waals surface area contributed by atoms with Crippen LogP contribution in [-0.2, 0) is 4.79 Å². The minimum Gasteiger partial charge on any atom is -0.348 e. The van der Waals surface area contributed by atoms with E-state index in [9.17, 15) is 9.18 Å². The number of hydrogen-bond acceptors (Lipinski definition) is 3. The third-order valence-corrected chi connectivity index (χ3v) is 3.33. The molecule has 104 valence electrons. The average molecular weight is 265 g/mol. The predicted octanol–water partition coefficient (Wildman–Crippen LogP) is 0.908. The Hall–Kier alpha value is -1.46. The van der Waals surface area contributed by atoms with Gasteiger partial charge in [-0.05, 0) is 13.0 Å². The number of nitrogens with one attached hydrogen (secondary N) is 2. The van der Waals surface area contributed by atoms with E-state index in [4.69, 9.17) is 0 Å². The number of carbonyl (C=O) groups is 1. The molecule has 1 aliphatic rings. The zero-order valence-corrected chi connectivity index (χ0v) is 11.2. The Kier molecular flexibility index (Phi) is 4.87. The molecule has 0 aromatic heterocycles. The number of carbonyl (C=O) groups excluding carboxylic acids is 1. The molecular weight excluding hydrogens is 245 g/mol. The summed E-state index contributed by atoms with van der Waals surface area (Å²) in [5, 5.41) is 6.08. The van der Waals surface area contributed by atoms with Gasteiger partial charge in [0, 0.05) is 31.7 Å². The molecule has 5 heteroatoms. The van der Waals surface area contributed by atoms with Crippen LogP contribution in [0.15, 0.2) is 24.3 Å². The maximum Gasteiger partial charge on any atom is 0.234 e. The lowest BCUT2D eigenvalue weighted by Gasteiger charge is -2.27. The molecule has 1 saturated heterocycles. The van der Waals surface area contributed by atoms with E-state index in [0.29, 0.717) is 12.1 Å². The minimum atomic E-state index is -0.309. The molecule has 1 atom stereocenters. The standard InChI is InChI=1S/C14H20FN3O/c1-11(12-4-2-3-5-13(12)15)17-14(19)10-18-8-6-16-7-9-18/h2-5,11,16H,6-10H2,1H3,(H,17,19). The lowest BCUT2D eigenvalue weighted by atomic mass is 10.1. The van der Waals surface area contributed by atoms with Crippen molar-refractivity contribution in [2.24, 2.45) is 0 Å². The van der Waals surface area contributed by atoms with Crippen molar-refractivity contribution in [2.45, 2.75) is 13.0 Å². The van der Waals surface area contributed by atoms with Crippen LogP contribution in [0.1, 0.15) is 18.5 Å². The van der Waals surface area contributed by atoms with E-state index in [1.165, 1.54) is 6.07 Å². The highest BCUT2D eigenvalue weighted by atomic mass is 19.1. The van der Waals surface area contributed by atoms with E-state index in [2.05, 4.69) is 15.5 Å². The van der Waals surface area contributed by atoms with Crippen LogP contribution in [0.4, 0.5) is 4.39 Å². The van der Waals surface area contributed by atoms with Crippen LogP contribution in [-0.4, -0.2) is 43.5 Å². The van der Waals surface area contributed by atoms with Crippen LogP contribution in [0.5, 0.6) is 0 Å². The average Bonchev–Trinajstić information content (AvgIpc) is 2.40. The molecule has 19 heavy (non-hydrogen) atoms. The fourth-order valence-electron chi connectivity index (χ4n) is 2.26. The van der Waals surface area contributed by atoms with Crippen molar-refractivity contribution in [1.82, 2.24) is 15.5 Å². The molecule has 1 fully saturated rings. The molecule has 4 nitrogen and oxygen atoms in total. The maximum absolute atomic E-state index is 13.6. The summed E-state index contributed by atoms with van der Waals surface area (Å²) in [4.78, 5) is 14.0.